The van der Waals surface area contributed by atoms with Gasteiger partial charge in [0.15, 0.2) is 0 Å². The zero-order valence-electron chi connectivity index (χ0n) is 12.1. The molecule has 0 spiro atoms. The van der Waals surface area contributed by atoms with Gasteiger partial charge in [0.1, 0.15) is 5.75 Å². The smallest absolute Gasteiger partial charge is 0.115 e. The van der Waals surface area contributed by atoms with E-state index in [4.69, 9.17) is 11.6 Å². The van der Waals surface area contributed by atoms with Gasteiger partial charge < -0.3 is 10.4 Å². The number of benzene rings is 2. The van der Waals surface area contributed by atoms with Crippen LogP contribution in [0.25, 0.3) is 0 Å². The lowest BCUT2D eigenvalue weighted by molar-refractivity contribution is 0.474. The van der Waals surface area contributed by atoms with Crippen molar-refractivity contribution in [2.24, 2.45) is 0 Å². The Bertz CT molecular complexity index is 559. The highest BCUT2D eigenvalue weighted by Crippen LogP contribution is 2.23. The Morgan fingerprint density at radius 1 is 1.19 bits per heavy atom. The molecule has 2 aromatic carbocycles. The lowest BCUT2D eigenvalue weighted by Crippen LogP contribution is -2.33. The number of aromatic hydroxyl groups is 1. The van der Waals surface area contributed by atoms with Crippen LogP contribution in [0.4, 0.5) is 0 Å². The number of halogens is 1. The van der Waals surface area contributed by atoms with Crippen molar-refractivity contribution in [1.29, 1.82) is 0 Å². The lowest BCUT2D eigenvalue weighted by Gasteiger charge is -2.18. The van der Waals surface area contributed by atoms with E-state index in [1.807, 2.05) is 42.1 Å². The molecule has 0 fully saturated rings. The fourth-order valence-corrected chi connectivity index (χ4v) is 3.42. The predicted octanol–water partition coefficient (Wildman–Crippen LogP) is 4.36. The number of nitrogens with one attached hydrogen (secondary N) is 1. The van der Waals surface area contributed by atoms with E-state index in [1.54, 1.807) is 12.1 Å². The number of hydrogen-bond acceptors (Lipinski definition) is 3. The summed E-state index contributed by atoms with van der Waals surface area (Å²) in [6.45, 7) is 3.06. The van der Waals surface area contributed by atoms with Crippen LogP contribution in [0.3, 0.4) is 0 Å². The molecule has 0 aliphatic heterocycles. The average Bonchev–Trinajstić information content (AvgIpc) is 2.47. The molecule has 0 saturated carbocycles. The molecule has 0 aromatic heterocycles. The van der Waals surface area contributed by atoms with Crippen LogP contribution in [0.5, 0.6) is 5.75 Å². The Labute approximate surface area is 135 Å². The molecule has 4 heteroatoms. The molecular formula is C17H20ClNOS. The number of rotatable bonds is 7. The average molecular weight is 322 g/mol. The van der Waals surface area contributed by atoms with E-state index in [1.165, 1.54) is 10.5 Å². The number of hydrogen-bond donors (Lipinski definition) is 2. The summed E-state index contributed by atoms with van der Waals surface area (Å²) in [4.78, 5) is 1.19. The first-order valence-electron chi connectivity index (χ1n) is 7.07. The highest BCUT2D eigenvalue weighted by Gasteiger charge is 2.09. The molecule has 0 radical (unpaired) electrons. The highest BCUT2D eigenvalue weighted by molar-refractivity contribution is 7.99. The molecule has 21 heavy (non-hydrogen) atoms. The minimum atomic E-state index is 0.312. The van der Waals surface area contributed by atoms with E-state index in [0.717, 1.165) is 23.7 Å². The van der Waals surface area contributed by atoms with Gasteiger partial charge in [-0.05, 0) is 48.9 Å². The van der Waals surface area contributed by atoms with Crippen molar-refractivity contribution in [3.63, 3.8) is 0 Å². The normalized spacial score (nSPS) is 12.3. The van der Waals surface area contributed by atoms with Gasteiger partial charge >= 0.3 is 0 Å². The van der Waals surface area contributed by atoms with Crippen LogP contribution < -0.4 is 5.32 Å². The maximum atomic E-state index is 9.34. The van der Waals surface area contributed by atoms with Gasteiger partial charge in [-0.3, -0.25) is 0 Å². The molecule has 0 saturated heterocycles. The number of phenolic OH excluding ortho intramolecular Hbond substituents is 1. The molecule has 0 aliphatic rings. The second kappa shape index (κ2) is 8.32. The Morgan fingerprint density at radius 2 is 1.95 bits per heavy atom. The summed E-state index contributed by atoms with van der Waals surface area (Å²) in [5.41, 5.74) is 1.23. The van der Waals surface area contributed by atoms with Gasteiger partial charge in [-0.2, -0.15) is 0 Å². The molecule has 0 aliphatic carbocycles. The molecule has 0 bridgehead atoms. The molecule has 112 valence electrons. The van der Waals surface area contributed by atoms with Crippen LogP contribution in [0.15, 0.2) is 53.4 Å². The van der Waals surface area contributed by atoms with Crippen molar-refractivity contribution in [3.05, 3.63) is 59.1 Å². The number of phenols is 1. The number of thioether (sulfide) groups is 1. The molecular weight excluding hydrogens is 302 g/mol. The second-order valence-corrected chi connectivity index (χ2v) is 6.42. The third-order valence-electron chi connectivity index (χ3n) is 3.16. The highest BCUT2D eigenvalue weighted by atomic mass is 35.5. The van der Waals surface area contributed by atoms with E-state index >= 15 is 0 Å². The predicted molar refractivity (Wildman–Crippen MR) is 91.5 cm³/mol. The van der Waals surface area contributed by atoms with Crippen molar-refractivity contribution in [2.75, 3.05) is 12.3 Å². The summed E-state index contributed by atoms with van der Waals surface area (Å²) in [7, 11) is 0. The molecule has 0 heterocycles. The SMILES string of the molecule is CCNC(CSc1cccc(Cl)c1)Cc1ccc(O)cc1. The van der Waals surface area contributed by atoms with Crippen molar-refractivity contribution < 1.29 is 5.11 Å². The summed E-state index contributed by atoms with van der Waals surface area (Å²) in [6.07, 6.45) is 0.946. The minimum absolute atomic E-state index is 0.312. The Hall–Kier alpha value is -1.16. The van der Waals surface area contributed by atoms with E-state index < -0.39 is 0 Å². The molecule has 0 amide bonds. The third kappa shape index (κ3) is 5.62. The van der Waals surface area contributed by atoms with Gasteiger partial charge in [-0.25, -0.2) is 0 Å². The molecule has 2 N–H and O–H groups in total. The zero-order chi connectivity index (χ0) is 15.1. The van der Waals surface area contributed by atoms with Crippen molar-refractivity contribution >= 4 is 23.4 Å². The van der Waals surface area contributed by atoms with Crippen LogP contribution in [0.1, 0.15) is 12.5 Å². The van der Waals surface area contributed by atoms with Gasteiger partial charge in [-0.15, -0.1) is 11.8 Å². The first-order valence-corrected chi connectivity index (χ1v) is 8.43. The molecule has 2 nitrogen and oxygen atoms in total. The van der Waals surface area contributed by atoms with Crippen molar-refractivity contribution in [1.82, 2.24) is 5.32 Å². The summed E-state index contributed by atoms with van der Waals surface area (Å²) >= 11 is 7.82. The second-order valence-electron chi connectivity index (χ2n) is 4.89. The first-order chi connectivity index (χ1) is 10.2. The summed E-state index contributed by atoms with van der Waals surface area (Å²) in [5, 5.41) is 13.6. The van der Waals surface area contributed by atoms with E-state index in [2.05, 4.69) is 18.3 Å². The maximum Gasteiger partial charge on any atom is 0.115 e. The largest absolute Gasteiger partial charge is 0.508 e. The molecule has 1 unspecified atom stereocenters. The van der Waals surface area contributed by atoms with E-state index in [0.29, 0.717) is 11.8 Å². The van der Waals surface area contributed by atoms with Crippen molar-refractivity contribution in [2.45, 2.75) is 24.3 Å². The number of likely N-dealkylation sites (N-methyl/N-ethyl adjacent to an activating group) is 1. The van der Waals surface area contributed by atoms with E-state index in [9.17, 15) is 5.11 Å². The summed E-state index contributed by atoms with van der Waals surface area (Å²) < 4.78 is 0. The fourth-order valence-electron chi connectivity index (χ4n) is 2.15. The van der Waals surface area contributed by atoms with Crippen molar-refractivity contribution in [3.8, 4) is 5.75 Å². The molecule has 2 rings (SSSR count). The Balaban J connectivity index is 1.93. The zero-order valence-corrected chi connectivity index (χ0v) is 13.6. The van der Waals surface area contributed by atoms with Crippen LogP contribution in [0.2, 0.25) is 5.02 Å². The topological polar surface area (TPSA) is 32.3 Å². The van der Waals surface area contributed by atoms with Gasteiger partial charge in [0.2, 0.25) is 0 Å². The lowest BCUT2D eigenvalue weighted by atomic mass is 10.1. The monoisotopic (exact) mass is 321 g/mol. The van der Waals surface area contributed by atoms with Gasteiger partial charge in [0, 0.05) is 21.7 Å². The van der Waals surface area contributed by atoms with Crippen LogP contribution >= 0.6 is 23.4 Å². The standard InChI is InChI=1S/C17H20ClNOS/c1-2-19-15(10-13-6-8-16(20)9-7-13)12-21-17-5-3-4-14(18)11-17/h3-9,11,15,19-20H,2,10,12H2,1H3. The maximum absolute atomic E-state index is 9.34. The van der Waals surface area contributed by atoms with Gasteiger partial charge in [0.25, 0.3) is 0 Å². The summed E-state index contributed by atoms with van der Waals surface area (Å²) in [5.74, 6) is 1.29. The Morgan fingerprint density at radius 3 is 2.62 bits per heavy atom. The summed E-state index contributed by atoms with van der Waals surface area (Å²) in [6, 6.07) is 15.8. The third-order valence-corrected chi connectivity index (χ3v) is 4.55. The van der Waals surface area contributed by atoms with Crippen LogP contribution in [-0.2, 0) is 6.42 Å². The molecule has 1 atom stereocenters. The quantitative estimate of drug-likeness (QED) is 0.743. The van der Waals surface area contributed by atoms with Gasteiger partial charge in [-0.1, -0.05) is 36.7 Å². The van der Waals surface area contributed by atoms with Gasteiger partial charge in [0.05, 0.1) is 0 Å². The first kappa shape index (κ1) is 16.2. The Kier molecular flexibility index (Phi) is 6.43. The molecule has 2 aromatic rings. The van der Waals surface area contributed by atoms with E-state index in [-0.39, 0.29) is 0 Å². The van der Waals surface area contributed by atoms with Crippen LogP contribution in [0, 0.1) is 0 Å². The fraction of sp³-hybridized carbons (Fsp3) is 0.294. The van der Waals surface area contributed by atoms with Crippen LogP contribution in [-0.4, -0.2) is 23.4 Å². The minimum Gasteiger partial charge on any atom is -0.508 e.